The van der Waals surface area contributed by atoms with Crippen LogP contribution in [0.4, 0.5) is 0 Å². The average molecular weight is 324 g/mol. The minimum absolute atomic E-state index is 0.275. The van der Waals surface area contributed by atoms with Crippen LogP contribution < -0.4 is 0 Å². The largest absolute Gasteiger partial charge is 0.392 e. The lowest BCUT2D eigenvalue weighted by Crippen LogP contribution is -2.42. The Hall–Kier alpha value is -0.720. The van der Waals surface area contributed by atoms with E-state index in [0.29, 0.717) is 0 Å². The van der Waals surface area contributed by atoms with Crippen molar-refractivity contribution < 1.29 is 9.84 Å². The molecule has 2 rings (SSSR count). The van der Waals surface area contributed by atoms with Crippen LogP contribution >= 0.6 is 11.3 Å². The molecule has 1 unspecified atom stereocenters. The highest BCUT2D eigenvalue weighted by molar-refractivity contribution is 7.09. The Morgan fingerprint density at radius 2 is 2.27 bits per heavy atom. The molecule has 1 aliphatic heterocycles. The summed E-state index contributed by atoms with van der Waals surface area (Å²) in [5.41, 5.74) is 0. The summed E-state index contributed by atoms with van der Waals surface area (Å²) in [4.78, 5) is 6.17. The Balaban J connectivity index is 1.81. The van der Waals surface area contributed by atoms with Crippen LogP contribution in [0, 0.1) is 0 Å². The summed E-state index contributed by atoms with van der Waals surface area (Å²) >= 11 is 1.78. The molecular formula is C17H28N2O2S. The molecule has 1 N–H and O–H groups in total. The lowest BCUT2D eigenvalue weighted by molar-refractivity contribution is 0.0289. The highest BCUT2D eigenvalue weighted by Crippen LogP contribution is 2.13. The van der Waals surface area contributed by atoms with Gasteiger partial charge < -0.3 is 9.84 Å². The Bertz CT molecular complexity index is 405. The van der Waals surface area contributed by atoms with E-state index in [1.807, 2.05) is 6.08 Å². The fraction of sp³-hybridized carbons (Fsp3) is 0.647. The fourth-order valence-corrected chi connectivity index (χ4v) is 3.41. The zero-order valence-corrected chi connectivity index (χ0v) is 14.1. The number of nitrogens with zero attached hydrogens (tertiary/aromatic N) is 2. The predicted molar refractivity (Wildman–Crippen MR) is 92.3 cm³/mol. The molecule has 4 nitrogen and oxygen atoms in total. The second-order valence-electron chi connectivity index (χ2n) is 5.79. The van der Waals surface area contributed by atoms with Gasteiger partial charge in [-0.25, -0.2) is 0 Å². The Kier molecular flexibility index (Phi) is 8.12. The van der Waals surface area contributed by atoms with Crippen LogP contribution in [0.5, 0.6) is 0 Å². The summed E-state index contributed by atoms with van der Waals surface area (Å²) in [6.45, 7) is 11.1. The summed E-state index contributed by atoms with van der Waals surface area (Å²) in [6.07, 6.45) is 3.27. The summed E-state index contributed by atoms with van der Waals surface area (Å²) in [5, 5.41) is 12.3. The minimum atomic E-state index is -0.275. The first-order valence-corrected chi connectivity index (χ1v) is 8.99. The first-order valence-electron chi connectivity index (χ1n) is 8.11. The van der Waals surface area contributed by atoms with Gasteiger partial charge in [0.25, 0.3) is 0 Å². The third kappa shape index (κ3) is 6.58. The molecule has 0 aliphatic carbocycles. The molecule has 1 aliphatic rings. The van der Waals surface area contributed by atoms with Crippen LogP contribution in [-0.4, -0.2) is 66.9 Å². The van der Waals surface area contributed by atoms with Gasteiger partial charge in [-0.15, -0.1) is 17.9 Å². The highest BCUT2D eigenvalue weighted by atomic mass is 32.1. The molecule has 1 saturated heterocycles. The molecule has 124 valence electrons. The SMILES string of the molecule is C=CCCC(O)CN(CCN1CCOCC1)Cc1cccs1. The molecule has 22 heavy (non-hydrogen) atoms. The first-order chi connectivity index (χ1) is 10.8. The molecular weight excluding hydrogens is 296 g/mol. The van der Waals surface area contributed by atoms with Gasteiger partial charge in [-0.3, -0.25) is 9.80 Å². The number of rotatable bonds is 10. The van der Waals surface area contributed by atoms with Crippen molar-refractivity contribution >= 4 is 11.3 Å². The van der Waals surface area contributed by atoms with Crippen molar-refractivity contribution in [1.29, 1.82) is 0 Å². The Morgan fingerprint density at radius 1 is 1.45 bits per heavy atom. The first kappa shape index (κ1) is 17.6. The van der Waals surface area contributed by atoms with E-state index in [4.69, 9.17) is 4.74 Å². The van der Waals surface area contributed by atoms with Crippen molar-refractivity contribution in [2.45, 2.75) is 25.5 Å². The number of ether oxygens (including phenoxy) is 1. The van der Waals surface area contributed by atoms with Crippen molar-refractivity contribution in [3.63, 3.8) is 0 Å². The standard InChI is InChI=1S/C17H28N2O2S/c1-2-3-5-16(20)14-19(15-17-6-4-13-22-17)8-7-18-9-11-21-12-10-18/h2,4,6,13,16,20H,1,3,5,7-12,14-15H2. The maximum absolute atomic E-state index is 10.2. The molecule has 1 aromatic heterocycles. The summed E-state index contributed by atoms with van der Waals surface area (Å²) in [6, 6.07) is 4.26. The third-order valence-corrected chi connectivity index (χ3v) is 4.83. The molecule has 1 atom stereocenters. The Morgan fingerprint density at radius 3 is 2.95 bits per heavy atom. The fourth-order valence-electron chi connectivity index (χ4n) is 2.67. The number of hydrogen-bond donors (Lipinski definition) is 1. The van der Waals surface area contributed by atoms with Gasteiger partial charge in [-0.2, -0.15) is 0 Å². The van der Waals surface area contributed by atoms with E-state index >= 15 is 0 Å². The molecule has 0 spiro atoms. The van der Waals surface area contributed by atoms with E-state index in [1.165, 1.54) is 4.88 Å². The van der Waals surface area contributed by atoms with E-state index in [9.17, 15) is 5.11 Å². The summed E-state index contributed by atoms with van der Waals surface area (Å²) in [5.74, 6) is 0. The molecule has 2 heterocycles. The van der Waals surface area contributed by atoms with E-state index in [-0.39, 0.29) is 6.10 Å². The smallest absolute Gasteiger partial charge is 0.0670 e. The molecule has 0 amide bonds. The molecule has 0 radical (unpaired) electrons. The summed E-state index contributed by atoms with van der Waals surface area (Å²) in [7, 11) is 0. The van der Waals surface area contributed by atoms with Crippen LogP contribution in [0.3, 0.4) is 0 Å². The van der Waals surface area contributed by atoms with Crippen molar-refractivity contribution in [1.82, 2.24) is 9.80 Å². The molecule has 0 aromatic carbocycles. The minimum Gasteiger partial charge on any atom is -0.392 e. The van der Waals surface area contributed by atoms with E-state index in [0.717, 1.165) is 65.3 Å². The number of morpholine rings is 1. The number of hydrogen-bond acceptors (Lipinski definition) is 5. The van der Waals surface area contributed by atoms with Crippen LogP contribution in [0.2, 0.25) is 0 Å². The van der Waals surface area contributed by atoms with Crippen molar-refractivity contribution in [3.8, 4) is 0 Å². The van der Waals surface area contributed by atoms with Crippen LogP contribution in [0.1, 0.15) is 17.7 Å². The quantitative estimate of drug-likeness (QED) is 0.670. The lowest BCUT2D eigenvalue weighted by atomic mass is 10.2. The van der Waals surface area contributed by atoms with Crippen LogP contribution in [0.25, 0.3) is 0 Å². The number of aliphatic hydroxyl groups is 1. The number of thiophene rings is 1. The summed E-state index contributed by atoms with van der Waals surface area (Å²) < 4.78 is 5.40. The number of aliphatic hydroxyl groups excluding tert-OH is 1. The van der Waals surface area contributed by atoms with Crippen molar-refractivity contribution in [2.75, 3.05) is 45.9 Å². The highest BCUT2D eigenvalue weighted by Gasteiger charge is 2.15. The normalized spacial score (nSPS) is 17.7. The topological polar surface area (TPSA) is 35.9 Å². The third-order valence-electron chi connectivity index (χ3n) is 3.97. The molecule has 1 fully saturated rings. The van der Waals surface area contributed by atoms with Crippen LogP contribution in [-0.2, 0) is 11.3 Å². The monoisotopic (exact) mass is 324 g/mol. The van der Waals surface area contributed by atoms with Gasteiger partial charge >= 0.3 is 0 Å². The van der Waals surface area contributed by atoms with Crippen molar-refractivity contribution in [3.05, 3.63) is 35.0 Å². The zero-order valence-electron chi connectivity index (χ0n) is 13.3. The second-order valence-corrected chi connectivity index (χ2v) is 6.82. The predicted octanol–water partition coefficient (Wildman–Crippen LogP) is 2.21. The van der Waals surface area contributed by atoms with E-state index in [1.54, 1.807) is 11.3 Å². The van der Waals surface area contributed by atoms with E-state index in [2.05, 4.69) is 33.9 Å². The Labute approximate surface area is 138 Å². The van der Waals surface area contributed by atoms with Gasteiger partial charge in [-0.1, -0.05) is 12.1 Å². The van der Waals surface area contributed by atoms with Gasteiger partial charge in [0.2, 0.25) is 0 Å². The second kappa shape index (κ2) is 10.1. The van der Waals surface area contributed by atoms with E-state index < -0.39 is 0 Å². The van der Waals surface area contributed by atoms with Gasteiger partial charge in [0.15, 0.2) is 0 Å². The zero-order chi connectivity index (χ0) is 15.6. The van der Waals surface area contributed by atoms with Gasteiger partial charge in [0.05, 0.1) is 19.3 Å². The molecule has 5 heteroatoms. The lowest BCUT2D eigenvalue weighted by Gasteiger charge is -2.30. The maximum atomic E-state index is 10.2. The van der Waals surface area contributed by atoms with Crippen molar-refractivity contribution in [2.24, 2.45) is 0 Å². The van der Waals surface area contributed by atoms with Crippen LogP contribution in [0.15, 0.2) is 30.2 Å². The van der Waals surface area contributed by atoms with Gasteiger partial charge in [-0.05, 0) is 24.3 Å². The average Bonchev–Trinajstić information content (AvgIpc) is 3.04. The molecule has 0 bridgehead atoms. The molecule has 0 saturated carbocycles. The maximum Gasteiger partial charge on any atom is 0.0670 e. The number of allylic oxidation sites excluding steroid dienone is 1. The van der Waals surface area contributed by atoms with Gasteiger partial charge in [0, 0.05) is 44.1 Å². The molecule has 1 aromatic rings. The van der Waals surface area contributed by atoms with Gasteiger partial charge in [0.1, 0.15) is 0 Å².